The van der Waals surface area contributed by atoms with Gasteiger partial charge in [0, 0.05) is 17.0 Å². The predicted molar refractivity (Wildman–Crippen MR) is 143 cm³/mol. The number of nitrogens with one attached hydrogen (secondary N) is 1. The lowest BCUT2D eigenvalue weighted by Crippen LogP contribution is -2.14. The quantitative estimate of drug-likeness (QED) is 0.262. The van der Waals surface area contributed by atoms with E-state index in [0.29, 0.717) is 13.0 Å². The molecule has 1 heterocycles. The number of fused-ring (bicyclic) bond motifs is 1. The number of rotatable bonds is 8. The minimum Gasteiger partial charge on any atom is -0.489 e. The molecular weight excluding hydrogens is 452 g/mol. The average molecular weight is 479 g/mol. The van der Waals surface area contributed by atoms with E-state index < -0.39 is 0 Å². The smallest absolute Gasteiger partial charge is 0.229 e. The van der Waals surface area contributed by atoms with Crippen molar-refractivity contribution in [3.63, 3.8) is 0 Å². The Morgan fingerprint density at radius 2 is 1.63 bits per heavy atom. The van der Waals surface area contributed by atoms with Crippen LogP contribution < -0.4 is 10.1 Å². The molecule has 0 aliphatic heterocycles. The first kappa shape index (κ1) is 22.8. The van der Waals surface area contributed by atoms with Crippen LogP contribution in [0.15, 0.2) is 97.1 Å². The Balaban J connectivity index is 1.19. The van der Waals surface area contributed by atoms with Gasteiger partial charge in [-0.05, 0) is 53.1 Å². The Hall–Kier alpha value is -3.96. The maximum Gasteiger partial charge on any atom is 0.229 e. The monoisotopic (exact) mass is 478 g/mol. The molecule has 0 atom stereocenters. The molecule has 5 rings (SSSR count). The predicted octanol–water partition coefficient (Wildman–Crippen LogP) is 6.96. The minimum atomic E-state index is -0.0496. The third-order valence-electron chi connectivity index (χ3n) is 5.87. The zero-order valence-corrected chi connectivity index (χ0v) is 20.3. The third kappa shape index (κ3) is 5.76. The fourth-order valence-corrected chi connectivity index (χ4v) is 5.16. The van der Waals surface area contributed by atoms with Crippen molar-refractivity contribution in [1.29, 1.82) is 0 Å². The van der Waals surface area contributed by atoms with E-state index in [-0.39, 0.29) is 5.91 Å². The van der Waals surface area contributed by atoms with Gasteiger partial charge in [0.15, 0.2) is 0 Å². The molecule has 1 amide bonds. The van der Waals surface area contributed by atoms with Crippen molar-refractivity contribution in [3.8, 4) is 5.75 Å². The molecule has 0 saturated carbocycles. The number of hydrogen-bond donors (Lipinski definition) is 1. The first-order chi connectivity index (χ1) is 17.1. The molecule has 0 bridgehead atoms. The number of benzene rings is 4. The van der Waals surface area contributed by atoms with Crippen LogP contribution in [0.2, 0.25) is 0 Å². The number of carbonyl (C=O) groups excluding carboxylic acids is 1. The fraction of sp³-hybridized carbons (Fsp3) is 0.133. The fourth-order valence-electron chi connectivity index (χ4n) is 4.06. The maximum absolute atomic E-state index is 12.7. The number of hydrogen-bond acceptors (Lipinski definition) is 4. The van der Waals surface area contributed by atoms with Crippen molar-refractivity contribution in [1.82, 2.24) is 4.98 Å². The first-order valence-corrected chi connectivity index (χ1v) is 12.4. The van der Waals surface area contributed by atoms with Gasteiger partial charge in [0.1, 0.15) is 12.4 Å². The zero-order chi connectivity index (χ0) is 24.0. The van der Waals surface area contributed by atoms with Crippen LogP contribution in [-0.4, -0.2) is 10.9 Å². The van der Waals surface area contributed by atoms with Gasteiger partial charge in [-0.1, -0.05) is 72.8 Å². The van der Waals surface area contributed by atoms with Gasteiger partial charge in [0.05, 0.1) is 17.1 Å². The van der Waals surface area contributed by atoms with E-state index >= 15 is 0 Å². The summed E-state index contributed by atoms with van der Waals surface area (Å²) in [6.07, 6.45) is 1.07. The van der Waals surface area contributed by atoms with Crippen LogP contribution in [0.4, 0.5) is 5.69 Å². The Labute approximate surface area is 209 Å². The molecule has 0 aliphatic carbocycles. The van der Waals surface area contributed by atoms with E-state index in [1.54, 1.807) is 11.3 Å². The van der Waals surface area contributed by atoms with Crippen LogP contribution in [0.25, 0.3) is 10.8 Å². The zero-order valence-electron chi connectivity index (χ0n) is 19.5. The number of anilines is 1. The van der Waals surface area contributed by atoms with Gasteiger partial charge in [-0.15, -0.1) is 11.3 Å². The molecule has 0 fully saturated rings. The molecular formula is C30H26N2O2S. The average Bonchev–Trinajstić information content (AvgIpc) is 3.22. The maximum atomic E-state index is 12.7. The molecule has 0 saturated heterocycles. The summed E-state index contributed by atoms with van der Waals surface area (Å²) in [6, 6.07) is 32.3. The topological polar surface area (TPSA) is 51.2 Å². The molecule has 0 unspecified atom stereocenters. The van der Waals surface area contributed by atoms with Crippen molar-refractivity contribution in [2.24, 2.45) is 0 Å². The van der Waals surface area contributed by atoms with Crippen LogP contribution in [0.3, 0.4) is 0 Å². The van der Waals surface area contributed by atoms with E-state index in [2.05, 4.69) is 47.8 Å². The number of thiazole rings is 1. The van der Waals surface area contributed by atoms with Crippen molar-refractivity contribution in [2.45, 2.75) is 26.4 Å². The highest BCUT2D eigenvalue weighted by molar-refractivity contribution is 7.11. The molecule has 174 valence electrons. The van der Waals surface area contributed by atoms with E-state index in [9.17, 15) is 4.79 Å². The Bertz CT molecular complexity index is 1440. The summed E-state index contributed by atoms with van der Waals surface area (Å²) in [5.74, 6) is 0.717. The lowest BCUT2D eigenvalue weighted by Gasteiger charge is -2.08. The van der Waals surface area contributed by atoms with Crippen molar-refractivity contribution < 1.29 is 9.53 Å². The summed E-state index contributed by atoms with van der Waals surface area (Å²) in [7, 11) is 0. The minimum absolute atomic E-state index is 0.0496. The first-order valence-electron chi connectivity index (χ1n) is 11.6. The van der Waals surface area contributed by atoms with E-state index in [1.165, 1.54) is 16.3 Å². The molecule has 35 heavy (non-hydrogen) atoms. The molecule has 5 heteroatoms. The lowest BCUT2D eigenvalue weighted by molar-refractivity contribution is -0.115. The standard InChI is InChI=1S/C30H26N2O2S/c1-21-28(35-30(31-21)18-24-12-7-11-23-10-5-6-13-27(23)24)19-29(33)32-25-14-16-26(17-15-25)34-20-22-8-3-2-4-9-22/h2-17H,18-20H2,1H3,(H,32,33). The van der Waals surface area contributed by atoms with Gasteiger partial charge in [-0.3, -0.25) is 4.79 Å². The Morgan fingerprint density at radius 3 is 2.46 bits per heavy atom. The van der Waals surface area contributed by atoms with Crippen molar-refractivity contribution in [2.75, 3.05) is 5.32 Å². The number of ether oxygens (including phenoxy) is 1. The molecule has 0 radical (unpaired) electrons. The van der Waals surface area contributed by atoms with Gasteiger partial charge >= 0.3 is 0 Å². The molecule has 1 N–H and O–H groups in total. The molecule has 1 aromatic heterocycles. The van der Waals surface area contributed by atoms with Crippen molar-refractivity contribution in [3.05, 3.63) is 124 Å². The summed E-state index contributed by atoms with van der Waals surface area (Å²) in [6.45, 7) is 2.49. The van der Waals surface area contributed by atoms with Gasteiger partial charge in [-0.2, -0.15) is 0 Å². The molecule has 4 aromatic carbocycles. The largest absolute Gasteiger partial charge is 0.489 e. The summed E-state index contributed by atoms with van der Waals surface area (Å²) < 4.78 is 5.82. The van der Waals surface area contributed by atoms with Gasteiger partial charge in [0.2, 0.25) is 5.91 Å². The second-order valence-corrected chi connectivity index (χ2v) is 9.62. The van der Waals surface area contributed by atoms with Crippen LogP contribution >= 0.6 is 11.3 Å². The Morgan fingerprint density at radius 1 is 0.886 bits per heavy atom. The molecule has 4 nitrogen and oxygen atoms in total. The number of aromatic nitrogens is 1. The SMILES string of the molecule is Cc1nc(Cc2cccc3ccccc23)sc1CC(=O)Nc1ccc(OCc2ccccc2)cc1. The van der Waals surface area contributed by atoms with Crippen LogP contribution in [0.5, 0.6) is 5.75 Å². The summed E-state index contributed by atoms with van der Waals surface area (Å²) in [5, 5.41) is 6.49. The van der Waals surface area contributed by atoms with Gasteiger partial charge < -0.3 is 10.1 Å². The third-order valence-corrected chi connectivity index (χ3v) is 7.02. The highest BCUT2D eigenvalue weighted by atomic mass is 32.1. The molecule has 0 aliphatic rings. The van der Waals surface area contributed by atoms with Crippen LogP contribution in [-0.2, 0) is 24.2 Å². The number of aryl methyl sites for hydroxylation is 1. The van der Waals surface area contributed by atoms with Gasteiger partial charge in [0.25, 0.3) is 0 Å². The lowest BCUT2D eigenvalue weighted by atomic mass is 10.0. The second-order valence-electron chi connectivity index (χ2n) is 8.45. The second kappa shape index (κ2) is 10.5. The van der Waals surface area contributed by atoms with E-state index in [0.717, 1.165) is 39.0 Å². The summed E-state index contributed by atoms with van der Waals surface area (Å²) >= 11 is 1.62. The normalized spacial score (nSPS) is 10.9. The summed E-state index contributed by atoms with van der Waals surface area (Å²) in [4.78, 5) is 18.5. The van der Waals surface area contributed by atoms with Gasteiger partial charge in [-0.25, -0.2) is 4.98 Å². The molecule has 0 spiro atoms. The van der Waals surface area contributed by atoms with Crippen LogP contribution in [0.1, 0.15) is 26.7 Å². The van der Waals surface area contributed by atoms with E-state index in [1.807, 2.05) is 61.5 Å². The van der Waals surface area contributed by atoms with Crippen LogP contribution in [0, 0.1) is 6.92 Å². The van der Waals surface area contributed by atoms with E-state index in [4.69, 9.17) is 9.72 Å². The molecule has 5 aromatic rings. The highest BCUT2D eigenvalue weighted by Crippen LogP contribution is 2.26. The van der Waals surface area contributed by atoms with Crippen molar-refractivity contribution >= 4 is 33.7 Å². The number of amides is 1. The highest BCUT2D eigenvalue weighted by Gasteiger charge is 2.13. The number of carbonyl (C=O) groups is 1. The number of nitrogens with zero attached hydrogens (tertiary/aromatic N) is 1. The summed E-state index contributed by atoms with van der Waals surface area (Å²) in [5.41, 5.74) is 4.04. The Kier molecular flexibility index (Phi) is 6.87.